The Hall–Kier alpha value is -1.71. The van der Waals surface area contributed by atoms with Crippen LogP contribution < -0.4 is 4.74 Å². The van der Waals surface area contributed by atoms with Gasteiger partial charge in [-0.05, 0) is 17.1 Å². The number of fused-ring (bicyclic) bond motifs is 1. The van der Waals surface area contributed by atoms with Crippen LogP contribution in [0.5, 0.6) is 5.75 Å². The highest BCUT2D eigenvalue weighted by molar-refractivity contribution is 7.71. The monoisotopic (exact) mass is 342 g/mol. The van der Waals surface area contributed by atoms with E-state index < -0.39 is 7.14 Å². The maximum absolute atomic E-state index is 13.8. The van der Waals surface area contributed by atoms with E-state index in [1.807, 2.05) is 77.9 Å². The molecule has 0 amide bonds. The van der Waals surface area contributed by atoms with E-state index in [2.05, 4.69) is 11.6 Å². The highest BCUT2D eigenvalue weighted by Crippen LogP contribution is 2.66. The molecule has 0 N–H and O–H groups in total. The average molecular weight is 342 g/mol. The lowest BCUT2D eigenvalue weighted by Gasteiger charge is -2.37. The molecule has 0 fully saturated rings. The molecule has 0 heterocycles. The zero-order valence-electron chi connectivity index (χ0n) is 15.7. The normalized spacial score (nSPS) is 12.6. The van der Waals surface area contributed by atoms with Crippen molar-refractivity contribution in [2.45, 2.75) is 51.9 Å². The summed E-state index contributed by atoms with van der Waals surface area (Å²) in [6.07, 6.45) is 0. The lowest BCUT2D eigenvalue weighted by Crippen LogP contribution is -2.27. The van der Waals surface area contributed by atoms with E-state index in [4.69, 9.17) is 4.74 Å². The third-order valence-electron chi connectivity index (χ3n) is 4.34. The second-order valence-electron chi connectivity index (χ2n) is 8.05. The molecule has 0 aliphatic rings. The summed E-state index contributed by atoms with van der Waals surface area (Å²) in [4.78, 5) is 0. The van der Waals surface area contributed by atoms with Crippen LogP contribution in [0.4, 0.5) is 0 Å². The van der Waals surface area contributed by atoms with Gasteiger partial charge in [0, 0.05) is 15.7 Å². The third kappa shape index (κ3) is 3.24. The largest absolute Gasteiger partial charge is 0.495 e. The molecular formula is C21H27O2P. The predicted octanol–water partition coefficient (Wildman–Crippen LogP) is 6.12. The molecular weight excluding hydrogens is 315 g/mol. The van der Waals surface area contributed by atoms with Crippen molar-refractivity contribution in [2.75, 3.05) is 7.11 Å². The van der Waals surface area contributed by atoms with Crippen molar-refractivity contribution < 1.29 is 9.30 Å². The Bertz CT molecular complexity index is 837. The van der Waals surface area contributed by atoms with Crippen LogP contribution in [-0.2, 0) is 4.57 Å². The van der Waals surface area contributed by atoms with Crippen molar-refractivity contribution in [2.24, 2.45) is 0 Å². The topological polar surface area (TPSA) is 26.3 Å². The highest BCUT2D eigenvalue weighted by Gasteiger charge is 2.45. The minimum atomic E-state index is -2.78. The van der Waals surface area contributed by atoms with E-state index in [9.17, 15) is 4.57 Å². The molecule has 128 valence electrons. The molecule has 0 unspecified atom stereocenters. The summed E-state index contributed by atoms with van der Waals surface area (Å²) in [6.45, 7) is 12.0. The van der Waals surface area contributed by atoms with E-state index >= 15 is 0 Å². The zero-order valence-corrected chi connectivity index (χ0v) is 16.6. The Morgan fingerprint density at radius 2 is 1.50 bits per heavy atom. The van der Waals surface area contributed by atoms with Gasteiger partial charge in [0.1, 0.15) is 5.75 Å². The first-order valence-corrected chi connectivity index (χ1v) is 9.91. The maximum Gasteiger partial charge on any atom is 0.165 e. The van der Waals surface area contributed by atoms with E-state index in [1.165, 1.54) is 0 Å². The van der Waals surface area contributed by atoms with Gasteiger partial charge >= 0.3 is 0 Å². The van der Waals surface area contributed by atoms with E-state index in [-0.39, 0.29) is 10.3 Å². The van der Waals surface area contributed by atoms with Crippen molar-refractivity contribution in [1.29, 1.82) is 0 Å². The van der Waals surface area contributed by atoms with Gasteiger partial charge in [-0.15, -0.1) is 0 Å². The molecule has 0 aliphatic carbocycles. The van der Waals surface area contributed by atoms with E-state index in [0.29, 0.717) is 0 Å². The smallest absolute Gasteiger partial charge is 0.165 e. The fraction of sp³-hybridized carbons (Fsp3) is 0.429. The van der Waals surface area contributed by atoms with Gasteiger partial charge in [-0.25, -0.2) is 0 Å². The molecule has 0 saturated carbocycles. The van der Waals surface area contributed by atoms with Gasteiger partial charge in [0.2, 0.25) is 0 Å². The molecule has 0 spiro atoms. The second kappa shape index (κ2) is 6.30. The lowest BCUT2D eigenvalue weighted by atomic mass is 10.0. The minimum absolute atomic E-state index is 0.379. The molecule has 2 aromatic carbocycles. The summed E-state index contributed by atoms with van der Waals surface area (Å²) in [6, 6.07) is 12.0. The third-order valence-corrected chi connectivity index (χ3v) is 8.54. The van der Waals surface area contributed by atoms with E-state index in [1.54, 1.807) is 7.11 Å². The van der Waals surface area contributed by atoms with Crippen LogP contribution in [0.2, 0.25) is 0 Å². The summed E-state index contributed by atoms with van der Waals surface area (Å²) in [7, 11) is -1.14. The Morgan fingerprint density at radius 3 is 2.04 bits per heavy atom. The summed E-state index contributed by atoms with van der Waals surface area (Å²) in [5.74, 6) is 3.94. The van der Waals surface area contributed by atoms with Crippen LogP contribution in [0.1, 0.15) is 47.1 Å². The first-order valence-electron chi connectivity index (χ1n) is 8.20. The van der Waals surface area contributed by atoms with Crippen molar-refractivity contribution in [1.82, 2.24) is 0 Å². The first-order chi connectivity index (χ1) is 11.0. The van der Waals surface area contributed by atoms with Crippen LogP contribution in [0, 0.1) is 11.6 Å². The molecule has 0 aliphatic heterocycles. The molecule has 24 heavy (non-hydrogen) atoms. The van der Waals surface area contributed by atoms with Crippen LogP contribution in [0.15, 0.2) is 36.4 Å². The van der Waals surface area contributed by atoms with Gasteiger partial charge in [0.15, 0.2) is 7.14 Å². The number of rotatable bonds is 1. The van der Waals surface area contributed by atoms with Gasteiger partial charge in [-0.3, -0.25) is 0 Å². The Balaban J connectivity index is 2.74. The second-order valence-corrected chi connectivity index (χ2v) is 12.2. The van der Waals surface area contributed by atoms with Gasteiger partial charge in [0.05, 0.1) is 12.7 Å². The van der Waals surface area contributed by atoms with Crippen LogP contribution in [-0.4, -0.2) is 17.4 Å². The highest BCUT2D eigenvalue weighted by atomic mass is 31.2. The Morgan fingerprint density at radius 1 is 0.917 bits per heavy atom. The molecule has 2 aromatic rings. The molecule has 3 heteroatoms. The van der Waals surface area contributed by atoms with Gasteiger partial charge < -0.3 is 9.30 Å². The summed E-state index contributed by atoms with van der Waals surface area (Å²) in [5.41, 5.74) is 3.99. The molecule has 0 radical (unpaired) electrons. The van der Waals surface area contributed by atoms with Crippen LogP contribution in [0.3, 0.4) is 0 Å². The van der Waals surface area contributed by atoms with Crippen molar-refractivity contribution in [3.8, 4) is 17.3 Å². The predicted molar refractivity (Wildman–Crippen MR) is 104 cm³/mol. The van der Waals surface area contributed by atoms with Crippen LogP contribution >= 0.6 is 7.14 Å². The molecule has 0 atom stereocenters. The maximum atomic E-state index is 13.8. The van der Waals surface area contributed by atoms with Crippen LogP contribution in [0.25, 0.3) is 10.8 Å². The number of hydrogen-bond acceptors (Lipinski definition) is 2. The van der Waals surface area contributed by atoms with Gasteiger partial charge in [0.25, 0.3) is 0 Å². The summed E-state index contributed by atoms with van der Waals surface area (Å²) >= 11 is 0. The fourth-order valence-corrected chi connectivity index (χ4v) is 5.98. The average Bonchev–Trinajstić information content (AvgIpc) is 2.49. The Labute approximate surface area is 146 Å². The quantitative estimate of drug-likeness (QED) is 0.461. The van der Waals surface area contributed by atoms with E-state index in [0.717, 1.165) is 22.1 Å². The first kappa shape index (κ1) is 18.6. The number of methoxy groups -OCH3 is 1. The number of benzene rings is 2. The number of ether oxygens (including phenoxy) is 1. The summed E-state index contributed by atoms with van der Waals surface area (Å²) < 4.78 is 19.2. The van der Waals surface area contributed by atoms with Crippen molar-refractivity contribution in [3.05, 3.63) is 42.0 Å². The molecule has 0 bridgehead atoms. The Kier molecular flexibility index (Phi) is 4.89. The summed E-state index contributed by atoms with van der Waals surface area (Å²) in [5, 5.41) is 1.37. The van der Waals surface area contributed by atoms with Gasteiger partial charge in [-0.2, -0.15) is 0 Å². The standard InChI is InChI=1S/C21H27O2P/c1-20(2,3)24(22,21(4,5)6)15-14-18-17-11-9-8-10-16(17)12-13-19(18)23-7/h8-13H,1-7H3. The SMILES string of the molecule is COc1ccc2ccccc2c1C#CP(=O)(C(C)(C)C)C(C)(C)C. The van der Waals surface area contributed by atoms with Gasteiger partial charge in [-0.1, -0.05) is 77.8 Å². The number of hydrogen-bond donors (Lipinski definition) is 0. The fourth-order valence-electron chi connectivity index (χ4n) is 3.03. The minimum Gasteiger partial charge on any atom is -0.495 e. The zero-order chi connectivity index (χ0) is 18.2. The molecule has 2 rings (SSSR count). The van der Waals surface area contributed by atoms with Crippen molar-refractivity contribution >= 4 is 17.9 Å². The lowest BCUT2D eigenvalue weighted by molar-refractivity contribution is 0.414. The molecule has 0 aromatic heterocycles. The van der Waals surface area contributed by atoms with Crippen molar-refractivity contribution in [3.63, 3.8) is 0 Å². The molecule has 0 saturated heterocycles. The molecule has 2 nitrogen and oxygen atoms in total.